The van der Waals surface area contributed by atoms with E-state index in [0.717, 1.165) is 32.0 Å². The number of hydrogen-bond acceptors (Lipinski definition) is 4. The van der Waals surface area contributed by atoms with Crippen molar-refractivity contribution in [1.82, 2.24) is 9.62 Å². The van der Waals surface area contributed by atoms with Gasteiger partial charge in [-0.15, -0.1) is 0 Å². The van der Waals surface area contributed by atoms with E-state index in [2.05, 4.69) is 5.32 Å². The van der Waals surface area contributed by atoms with Gasteiger partial charge in [0.2, 0.25) is 10.0 Å². The van der Waals surface area contributed by atoms with Crippen molar-refractivity contribution in [3.05, 3.63) is 30.1 Å². The zero-order chi connectivity index (χ0) is 15.8. The summed E-state index contributed by atoms with van der Waals surface area (Å²) in [4.78, 5) is -0.0127. The SMILES string of the molecule is CN(C1COC2(CCNCC2)C1)S(=O)(=O)c1cccc(F)c1. The van der Waals surface area contributed by atoms with Gasteiger partial charge in [0, 0.05) is 7.05 Å². The largest absolute Gasteiger partial charge is 0.373 e. The molecule has 1 N–H and O–H groups in total. The molecule has 122 valence electrons. The molecule has 0 radical (unpaired) electrons. The number of nitrogens with one attached hydrogen (secondary N) is 1. The number of halogens is 1. The van der Waals surface area contributed by atoms with Crippen molar-refractivity contribution in [2.24, 2.45) is 0 Å². The lowest BCUT2D eigenvalue weighted by atomic mass is 9.88. The summed E-state index contributed by atoms with van der Waals surface area (Å²) < 4.78 is 45.9. The van der Waals surface area contributed by atoms with E-state index in [1.54, 1.807) is 7.05 Å². The van der Waals surface area contributed by atoms with E-state index in [4.69, 9.17) is 4.74 Å². The average molecular weight is 328 g/mol. The van der Waals surface area contributed by atoms with Crippen LogP contribution < -0.4 is 5.32 Å². The van der Waals surface area contributed by atoms with Crippen LogP contribution in [0.15, 0.2) is 29.2 Å². The fourth-order valence-corrected chi connectivity index (χ4v) is 4.65. The van der Waals surface area contributed by atoms with Crippen LogP contribution in [0.5, 0.6) is 0 Å². The predicted molar refractivity (Wildman–Crippen MR) is 80.5 cm³/mol. The fourth-order valence-electron chi connectivity index (χ4n) is 3.27. The smallest absolute Gasteiger partial charge is 0.243 e. The lowest BCUT2D eigenvalue weighted by molar-refractivity contribution is -0.0197. The first kappa shape index (κ1) is 15.9. The maximum Gasteiger partial charge on any atom is 0.243 e. The van der Waals surface area contributed by atoms with E-state index in [1.807, 2.05) is 0 Å². The molecule has 22 heavy (non-hydrogen) atoms. The molecular formula is C15H21FN2O3S. The maximum atomic E-state index is 13.3. The van der Waals surface area contributed by atoms with Crippen LogP contribution in [-0.4, -0.2) is 51.1 Å². The van der Waals surface area contributed by atoms with Gasteiger partial charge in [-0.2, -0.15) is 4.31 Å². The second-order valence-corrected chi connectivity index (χ2v) is 8.08. The molecular weight excluding hydrogens is 307 g/mol. The summed E-state index contributed by atoms with van der Waals surface area (Å²) in [5, 5.41) is 3.29. The van der Waals surface area contributed by atoms with Crippen LogP contribution >= 0.6 is 0 Å². The minimum absolute atomic E-state index is 0.0127. The molecule has 0 aliphatic carbocycles. The number of piperidine rings is 1. The monoisotopic (exact) mass is 328 g/mol. The van der Waals surface area contributed by atoms with Crippen molar-refractivity contribution in [3.8, 4) is 0 Å². The lowest BCUT2D eigenvalue weighted by Gasteiger charge is -2.33. The third-order valence-corrected chi connectivity index (χ3v) is 6.60. The first-order chi connectivity index (χ1) is 10.4. The summed E-state index contributed by atoms with van der Waals surface area (Å²) >= 11 is 0. The Hall–Kier alpha value is -1.02. The predicted octanol–water partition coefficient (Wildman–Crippen LogP) is 1.36. The van der Waals surface area contributed by atoms with Gasteiger partial charge in [-0.1, -0.05) is 6.07 Å². The Kier molecular flexibility index (Phi) is 4.24. The van der Waals surface area contributed by atoms with Crippen LogP contribution in [0, 0.1) is 5.82 Å². The third-order valence-electron chi connectivity index (χ3n) is 4.69. The van der Waals surface area contributed by atoms with E-state index in [0.29, 0.717) is 13.0 Å². The molecule has 1 aromatic carbocycles. The summed E-state index contributed by atoms with van der Waals surface area (Å²) in [6, 6.07) is 4.93. The molecule has 0 saturated carbocycles. The summed E-state index contributed by atoms with van der Waals surface area (Å²) in [6.45, 7) is 2.19. The molecule has 7 heteroatoms. The zero-order valence-corrected chi connectivity index (χ0v) is 13.4. The fraction of sp³-hybridized carbons (Fsp3) is 0.600. The molecule has 0 aromatic heterocycles. The van der Waals surface area contributed by atoms with Gasteiger partial charge in [0.25, 0.3) is 0 Å². The van der Waals surface area contributed by atoms with Crippen LogP contribution in [0.2, 0.25) is 0 Å². The van der Waals surface area contributed by atoms with Gasteiger partial charge in [-0.05, 0) is 50.6 Å². The molecule has 2 aliphatic heterocycles. The lowest BCUT2D eigenvalue weighted by Crippen LogP contribution is -2.43. The van der Waals surface area contributed by atoms with Gasteiger partial charge in [-0.3, -0.25) is 0 Å². The summed E-state index contributed by atoms with van der Waals surface area (Å²) in [7, 11) is -2.15. The Morgan fingerprint density at radius 1 is 1.36 bits per heavy atom. The number of rotatable bonds is 3. The number of hydrogen-bond donors (Lipinski definition) is 1. The molecule has 2 fully saturated rings. The molecule has 0 amide bonds. The number of ether oxygens (including phenoxy) is 1. The van der Waals surface area contributed by atoms with Crippen LogP contribution in [-0.2, 0) is 14.8 Å². The highest BCUT2D eigenvalue weighted by Gasteiger charge is 2.44. The molecule has 1 aromatic rings. The quantitative estimate of drug-likeness (QED) is 0.910. The second kappa shape index (κ2) is 5.88. The van der Waals surface area contributed by atoms with Crippen LogP contribution in [0.4, 0.5) is 4.39 Å². The van der Waals surface area contributed by atoms with E-state index >= 15 is 0 Å². The van der Waals surface area contributed by atoms with Gasteiger partial charge in [-0.25, -0.2) is 12.8 Å². The summed E-state index contributed by atoms with van der Waals surface area (Å²) in [5.41, 5.74) is -0.207. The highest BCUT2D eigenvalue weighted by Crippen LogP contribution is 2.36. The maximum absolute atomic E-state index is 13.3. The average Bonchev–Trinajstić information content (AvgIpc) is 2.90. The first-order valence-corrected chi connectivity index (χ1v) is 8.95. The number of sulfonamides is 1. The van der Waals surface area contributed by atoms with Crippen molar-refractivity contribution in [2.45, 2.75) is 35.8 Å². The van der Waals surface area contributed by atoms with E-state index in [1.165, 1.54) is 22.5 Å². The Bertz CT molecular complexity index is 644. The molecule has 1 spiro atoms. The zero-order valence-electron chi connectivity index (χ0n) is 12.6. The van der Waals surface area contributed by atoms with Crippen LogP contribution in [0.25, 0.3) is 0 Å². The number of benzene rings is 1. The van der Waals surface area contributed by atoms with Gasteiger partial charge in [0.05, 0.1) is 23.1 Å². The Labute approximate surface area is 130 Å². The Balaban J connectivity index is 1.78. The van der Waals surface area contributed by atoms with E-state index in [-0.39, 0.29) is 16.5 Å². The minimum Gasteiger partial charge on any atom is -0.373 e. The molecule has 2 saturated heterocycles. The van der Waals surface area contributed by atoms with E-state index < -0.39 is 15.8 Å². The Morgan fingerprint density at radius 2 is 2.09 bits per heavy atom. The van der Waals surface area contributed by atoms with Crippen molar-refractivity contribution in [2.75, 3.05) is 26.7 Å². The summed E-state index contributed by atoms with van der Waals surface area (Å²) in [5.74, 6) is -0.549. The highest BCUT2D eigenvalue weighted by atomic mass is 32.2. The molecule has 1 unspecified atom stereocenters. The van der Waals surface area contributed by atoms with Gasteiger partial charge in [0.1, 0.15) is 5.82 Å². The molecule has 3 rings (SSSR count). The Morgan fingerprint density at radius 3 is 2.77 bits per heavy atom. The third kappa shape index (κ3) is 2.90. The van der Waals surface area contributed by atoms with Crippen LogP contribution in [0.3, 0.4) is 0 Å². The topological polar surface area (TPSA) is 58.6 Å². The van der Waals surface area contributed by atoms with Crippen molar-refractivity contribution >= 4 is 10.0 Å². The molecule has 1 atom stereocenters. The minimum atomic E-state index is -3.70. The number of likely N-dealkylation sites (N-methyl/N-ethyl adjacent to an activating group) is 1. The molecule has 0 bridgehead atoms. The standard InChI is InChI=1S/C15H21FN2O3S/c1-18(22(19,20)14-4-2-3-12(16)9-14)13-10-15(21-11-13)5-7-17-8-6-15/h2-4,9,13,17H,5-8,10-11H2,1H3. The molecule has 2 aliphatic rings. The normalized spacial score (nSPS) is 25.0. The first-order valence-electron chi connectivity index (χ1n) is 7.51. The number of nitrogens with zero attached hydrogens (tertiary/aromatic N) is 1. The molecule has 2 heterocycles. The van der Waals surface area contributed by atoms with Gasteiger partial charge < -0.3 is 10.1 Å². The van der Waals surface area contributed by atoms with Gasteiger partial charge >= 0.3 is 0 Å². The highest BCUT2D eigenvalue weighted by molar-refractivity contribution is 7.89. The van der Waals surface area contributed by atoms with Crippen molar-refractivity contribution in [1.29, 1.82) is 0 Å². The van der Waals surface area contributed by atoms with Gasteiger partial charge in [0.15, 0.2) is 0 Å². The molecule has 5 nitrogen and oxygen atoms in total. The second-order valence-electron chi connectivity index (χ2n) is 6.08. The van der Waals surface area contributed by atoms with E-state index in [9.17, 15) is 12.8 Å². The summed E-state index contributed by atoms with van der Waals surface area (Å²) in [6.07, 6.45) is 2.49. The van der Waals surface area contributed by atoms with Crippen molar-refractivity contribution in [3.63, 3.8) is 0 Å². The van der Waals surface area contributed by atoms with Crippen LogP contribution in [0.1, 0.15) is 19.3 Å². The van der Waals surface area contributed by atoms with Crippen molar-refractivity contribution < 1.29 is 17.5 Å².